The molecule has 0 aliphatic rings. The van der Waals surface area contributed by atoms with Gasteiger partial charge in [0.2, 0.25) is 0 Å². The lowest BCUT2D eigenvalue weighted by Crippen LogP contribution is -2.23. The second kappa shape index (κ2) is 9.70. The van der Waals surface area contributed by atoms with Gasteiger partial charge in [-0.3, -0.25) is 5.10 Å². The highest BCUT2D eigenvalue weighted by atomic mass is 32.2. The molecule has 0 saturated carbocycles. The molecular formula is C17H20N4O6S. The first-order valence-corrected chi connectivity index (χ1v) is 9.58. The van der Waals surface area contributed by atoms with Crippen molar-refractivity contribution in [2.24, 2.45) is 0 Å². The number of nitriles is 1. The Balaban J connectivity index is 2.34. The van der Waals surface area contributed by atoms with Crippen LogP contribution in [-0.2, 0) is 14.3 Å². The van der Waals surface area contributed by atoms with Gasteiger partial charge in [0.25, 0.3) is 0 Å². The highest BCUT2D eigenvalue weighted by Gasteiger charge is 2.30. The lowest BCUT2D eigenvalue weighted by Gasteiger charge is -2.14. The molecule has 2 aromatic rings. The van der Waals surface area contributed by atoms with Gasteiger partial charge in [-0.05, 0) is 27.0 Å². The number of thioether (sulfide) groups is 1. The number of aromatic amines is 1. The number of hydrogen-bond donors (Lipinski definition) is 2. The first-order chi connectivity index (χ1) is 13.4. The summed E-state index contributed by atoms with van der Waals surface area (Å²) >= 11 is 1.31. The van der Waals surface area contributed by atoms with Crippen LogP contribution < -0.4 is 10.1 Å². The van der Waals surface area contributed by atoms with Crippen molar-refractivity contribution >= 4 is 29.7 Å². The summed E-state index contributed by atoms with van der Waals surface area (Å²) in [5, 5.41) is 19.5. The minimum Gasteiger partial charge on any atom is -0.464 e. The Hall–Kier alpha value is -3.13. The number of anilines is 1. The summed E-state index contributed by atoms with van der Waals surface area (Å²) in [6.07, 6.45) is 0.901. The van der Waals surface area contributed by atoms with E-state index < -0.39 is 18.2 Å². The fourth-order valence-corrected chi connectivity index (χ4v) is 2.74. The largest absolute Gasteiger partial charge is 0.513 e. The molecule has 28 heavy (non-hydrogen) atoms. The maximum atomic E-state index is 12.5. The van der Waals surface area contributed by atoms with Crippen molar-refractivity contribution in [3.63, 3.8) is 0 Å². The van der Waals surface area contributed by atoms with E-state index in [1.807, 2.05) is 6.07 Å². The van der Waals surface area contributed by atoms with E-state index in [2.05, 4.69) is 15.5 Å². The SMILES string of the molecule is CCOC(=O)Oc1cc(C(Nc2n[nH]c(SC)c2C#N)C(=O)OCC)oc1C. The highest BCUT2D eigenvalue weighted by molar-refractivity contribution is 7.98. The third-order valence-corrected chi connectivity index (χ3v) is 4.19. The summed E-state index contributed by atoms with van der Waals surface area (Å²) in [6.45, 7) is 5.18. The van der Waals surface area contributed by atoms with Gasteiger partial charge in [0, 0.05) is 6.07 Å². The van der Waals surface area contributed by atoms with Crippen molar-refractivity contribution in [2.75, 3.05) is 24.8 Å². The predicted molar refractivity (Wildman–Crippen MR) is 99.2 cm³/mol. The second-order valence-electron chi connectivity index (χ2n) is 5.28. The average Bonchev–Trinajstić information content (AvgIpc) is 3.22. The van der Waals surface area contributed by atoms with Gasteiger partial charge < -0.3 is 23.9 Å². The lowest BCUT2D eigenvalue weighted by atomic mass is 10.2. The molecule has 2 rings (SSSR count). The van der Waals surface area contributed by atoms with Gasteiger partial charge in [-0.15, -0.1) is 11.8 Å². The Labute approximate surface area is 165 Å². The van der Waals surface area contributed by atoms with Gasteiger partial charge in [-0.1, -0.05) is 0 Å². The third kappa shape index (κ3) is 4.77. The van der Waals surface area contributed by atoms with Gasteiger partial charge in [-0.2, -0.15) is 10.4 Å². The van der Waals surface area contributed by atoms with Crippen molar-refractivity contribution in [1.29, 1.82) is 5.26 Å². The van der Waals surface area contributed by atoms with E-state index >= 15 is 0 Å². The number of hydrogen-bond acceptors (Lipinski definition) is 10. The van der Waals surface area contributed by atoms with E-state index in [0.717, 1.165) is 0 Å². The van der Waals surface area contributed by atoms with Gasteiger partial charge in [-0.25, -0.2) is 9.59 Å². The third-order valence-electron chi connectivity index (χ3n) is 3.48. The molecule has 2 heterocycles. The minimum atomic E-state index is -1.11. The van der Waals surface area contributed by atoms with Crippen LogP contribution >= 0.6 is 11.8 Å². The standard InChI is InChI=1S/C17H20N4O6S/c1-5-24-16(22)13(19-14-10(8-18)15(28-4)21-20-14)12-7-11(9(3)26-12)27-17(23)25-6-2/h7,13H,5-6H2,1-4H3,(H2,19,20,21). The molecule has 2 N–H and O–H groups in total. The number of aromatic nitrogens is 2. The Morgan fingerprint density at radius 2 is 2.11 bits per heavy atom. The topological polar surface area (TPSA) is 139 Å². The normalized spacial score (nSPS) is 11.4. The maximum Gasteiger partial charge on any atom is 0.513 e. The Bertz CT molecular complexity index is 885. The molecule has 0 aliphatic heterocycles. The van der Waals surface area contributed by atoms with Gasteiger partial charge in [0.05, 0.1) is 13.2 Å². The van der Waals surface area contributed by atoms with Crippen LogP contribution in [0.3, 0.4) is 0 Å². The minimum absolute atomic E-state index is 0.108. The quantitative estimate of drug-likeness (QED) is 0.494. The Kier molecular flexibility index (Phi) is 7.34. The molecule has 0 aromatic carbocycles. The molecule has 10 nitrogen and oxygen atoms in total. The molecule has 0 radical (unpaired) electrons. The van der Waals surface area contributed by atoms with Crippen molar-refractivity contribution in [3.05, 3.63) is 23.2 Å². The van der Waals surface area contributed by atoms with Crippen LogP contribution in [0, 0.1) is 18.3 Å². The van der Waals surface area contributed by atoms with Crippen LogP contribution in [0.1, 0.15) is 37.0 Å². The number of carbonyl (C=O) groups is 2. The second-order valence-corrected chi connectivity index (χ2v) is 6.09. The number of nitrogens with zero attached hydrogens (tertiary/aromatic N) is 2. The highest BCUT2D eigenvalue weighted by Crippen LogP contribution is 2.32. The molecule has 0 amide bonds. The number of furan rings is 1. The fourth-order valence-electron chi connectivity index (χ4n) is 2.26. The first-order valence-electron chi connectivity index (χ1n) is 8.35. The number of ether oxygens (including phenoxy) is 3. The summed E-state index contributed by atoms with van der Waals surface area (Å²) < 4.78 is 20.5. The molecule has 0 aliphatic carbocycles. The molecule has 1 unspecified atom stereocenters. The Morgan fingerprint density at radius 1 is 1.39 bits per heavy atom. The predicted octanol–water partition coefficient (Wildman–Crippen LogP) is 3.16. The van der Waals surface area contributed by atoms with Crippen LogP contribution in [0.4, 0.5) is 10.6 Å². The maximum absolute atomic E-state index is 12.5. The molecule has 1 atom stereocenters. The zero-order valence-electron chi connectivity index (χ0n) is 15.8. The van der Waals surface area contributed by atoms with Crippen LogP contribution in [0.2, 0.25) is 0 Å². The van der Waals surface area contributed by atoms with Crippen LogP contribution in [0.15, 0.2) is 15.5 Å². The first kappa shape index (κ1) is 21.2. The average molecular weight is 408 g/mol. The number of nitrogens with one attached hydrogen (secondary N) is 2. The fraction of sp³-hybridized carbons (Fsp3) is 0.412. The number of esters is 1. The van der Waals surface area contributed by atoms with E-state index in [4.69, 9.17) is 18.6 Å². The van der Waals surface area contributed by atoms with Crippen molar-refractivity contribution < 1.29 is 28.2 Å². The number of H-pyrrole nitrogens is 1. The summed E-state index contributed by atoms with van der Waals surface area (Å²) in [5.41, 5.74) is 0.257. The molecule has 0 fully saturated rings. The molecular weight excluding hydrogens is 388 g/mol. The molecule has 0 saturated heterocycles. The lowest BCUT2D eigenvalue weighted by molar-refractivity contribution is -0.144. The number of aryl methyl sites for hydroxylation is 1. The van der Waals surface area contributed by atoms with Crippen LogP contribution in [0.5, 0.6) is 5.75 Å². The van der Waals surface area contributed by atoms with Gasteiger partial charge >= 0.3 is 12.1 Å². The van der Waals surface area contributed by atoms with E-state index in [1.54, 1.807) is 27.0 Å². The monoisotopic (exact) mass is 408 g/mol. The van der Waals surface area contributed by atoms with E-state index in [-0.39, 0.29) is 41.9 Å². The smallest absolute Gasteiger partial charge is 0.464 e. The van der Waals surface area contributed by atoms with Crippen LogP contribution in [0.25, 0.3) is 0 Å². The zero-order chi connectivity index (χ0) is 20.7. The Morgan fingerprint density at radius 3 is 2.71 bits per heavy atom. The molecule has 11 heteroatoms. The molecule has 2 aromatic heterocycles. The van der Waals surface area contributed by atoms with Crippen LogP contribution in [-0.4, -0.2) is 41.8 Å². The summed E-state index contributed by atoms with van der Waals surface area (Å²) in [5.74, 6) is 0.0413. The molecule has 150 valence electrons. The van der Waals surface area contributed by atoms with Crippen molar-refractivity contribution in [2.45, 2.75) is 31.8 Å². The number of rotatable bonds is 8. The number of carbonyl (C=O) groups excluding carboxylic acids is 2. The molecule has 0 bridgehead atoms. The zero-order valence-corrected chi connectivity index (χ0v) is 16.6. The van der Waals surface area contributed by atoms with E-state index in [9.17, 15) is 14.9 Å². The van der Waals surface area contributed by atoms with E-state index in [0.29, 0.717) is 5.03 Å². The van der Waals surface area contributed by atoms with Gasteiger partial charge in [0.15, 0.2) is 17.6 Å². The molecule has 0 spiro atoms. The van der Waals surface area contributed by atoms with Gasteiger partial charge in [0.1, 0.15) is 28.2 Å². The van der Waals surface area contributed by atoms with Crippen molar-refractivity contribution in [1.82, 2.24) is 10.2 Å². The van der Waals surface area contributed by atoms with E-state index in [1.165, 1.54) is 17.8 Å². The van der Waals surface area contributed by atoms with Crippen molar-refractivity contribution in [3.8, 4) is 11.8 Å². The summed E-state index contributed by atoms with van der Waals surface area (Å²) in [6, 6.07) is 2.31. The summed E-state index contributed by atoms with van der Waals surface area (Å²) in [4.78, 5) is 24.0. The summed E-state index contributed by atoms with van der Waals surface area (Å²) in [7, 11) is 0.